The van der Waals surface area contributed by atoms with Gasteiger partial charge in [0.25, 0.3) is 0 Å². The molecule has 4 aromatic rings. The molecule has 0 radical (unpaired) electrons. The predicted molar refractivity (Wildman–Crippen MR) is 140 cm³/mol. The van der Waals surface area contributed by atoms with Crippen LogP contribution in [0.4, 0.5) is 0 Å². The van der Waals surface area contributed by atoms with Gasteiger partial charge in [-0.3, -0.25) is 0 Å². The van der Waals surface area contributed by atoms with Gasteiger partial charge < -0.3 is 24.8 Å². The van der Waals surface area contributed by atoms with Crippen LogP contribution in [-0.2, 0) is 36.1 Å². The van der Waals surface area contributed by atoms with Gasteiger partial charge in [-0.05, 0) is 0 Å². The SMILES string of the molecule is CCc1cccc2c1C=[C]([Zr+2][C]1=Cc3c(CC)cccc3C1c1ccccn1)C2c1ccccn1.[Cl-].[Cl-]. The van der Waals surface area contributed by atoms with Gasteiger partial charge in [0, 0.05) is 0 Å². The second-order valence-electron chi connectivity index (χ2n) is 9.25. The molecule has 0 spiro atoms. The molecule has 0 N–H and O–H groups in total. The molecule has 2 aromatic heterocycles. The number of aromatic nitrogens is 2. The number of pyridine rings is 2. The number of hydrogen-bond donors (Lipinski definition) is 0. The van der Waals surface area contributed by atoms with Crippen molar-refractivity contribution in [3.63, 3.8) is 0 Å². The summed E-state index contributed by atoms with van der Waals surface area (Å²) in [6.07, 6.45) is 11.0. The third kappa shape index (κ3) is 5.07. The monoisotopic (exact) mass is 600 g/mol. The minimum absolute atomic E-state index is 0. The van der Waals surface area contributed by atoms with E-state index in [0.717, 1.165) is 12.8 Å². The van der Waals surface area contributed by atoms with Crippen molar-refractivity contribution in [2.45, 2.75) is 38.5 Å². The number of rotatable bonds is 6. The molecule has 2 atom stereocenters. The zero-order valence-corrected chi connectivity index (χ0v) is 24.9. The third-order valence-corrected chi connectivity index (χ3v) is 10.9. The Labute approximate surface area is 243 Å². The Morgan fingerprint density at radius 2 is 1.05 bits per heavy atom. The first kappa shape index (κ1) is 27.7. The van der Waals surface area contributed by atoms with Gasteiger partial charge >= 0.3 is 220 Å². The number of allylic oxidation sites excluding steroid dienone is 2. The standard InChI is InChI=1S/2C16H14N.2ClH.Zr/c2*1-2-12-6-5-7-14-13(12)9-10-15(14)16-8-3-4-11-17-16;;;/h2*3-9,11,15H,2H2,1H3;2*1H;/q;;;;+2/p-2. The van der Waals surface area contributed by atoms with E-state index in [1.807, 2.05) is 24.5 Å². The second-order valence-corrected chi connectivity index (χ2v) is 12.7. The molecule has 6 rings (SSSR count). The molecule has 0 saturated heterocycles. The van der Waals surface area contributed by atoms with Crippen LogP contribution in [0.1, 0.15) is 70.5 Å². The van der Waals surface area contributed by atoms with Crippen molar-refractivity contribution < 1.29 is 48.0 Å². The maximum atomic E-state index is 4.84. The van der Waals surface area contributed by atoms with Crippen molar-refractivity contribution >= 4 is 12.2 Å². The molecule has 0 saturated carbocycles. The molecule has 2 nitrogen and oxygen atoms in total. The fourth-order valence-corrected chi connectivity index (χ4v) is 9.75. The van der Waals surface area contributed by atoms with E-state index in [-0.39, 0.29) is 36.6 Å². The third-order valence-electron chi connectivity index (χ3n) is 7.32. The van der Waals surface area contributed by atoms with Crippen LogP contribution in [0.15, 0.2) is 91.8 Å². The van der Waals surface area contributed by atoms with E-state index in [1.165, 1.54) is 44.8 Å². The van der Waals surface area contributed by atoms with Crippen molar-refractivity contribution in [1.29, 1.82) is 0 Å². The first-order valence-electron chi connectivity index (χ1n) is 12.5. The van der Waals surface area contributed by atoms with Crippen LogP contribution in [0.2, 0.25) is 0 Å². The fraction of sp³-hybridized carbons (Fsp3) is 0.188. The Balaban J connectivity index is 0.00000160. The van der Waals surface area contributed by atoms with Gasteiger partial charge in [-0.1, -0.05) is 0 Å². The molecule has 2 aliphatic carbocycles. The zero-order chi connectivity index (χ0) is 23.8. The Bertz CT molecular complexity index is 1340. The minimum Gasteiger partial charge on any atom is -1.00 e. The molecule has 184 valence electrons. The van der Waals surface area contributed by atoms with E-state index < -0.39 is 23.2 Å². The van der Waals surface area contributed by atoms with Gasteiger partial charge in [-0.2, -0.15) is 0 Å². The van der Waals surface area contributed by atoms with Crippen LogP contribution >= 0.6 is 0 Å². The smallest absolute Gasteiger partial charge is 1.00 e. The normalized spacial score (nSPS) is 16.9. The van der Waals surface area contributed by atoms with E-state index in [9.17, 15) is 0 Å². The van der Waals surface area contributed by atoms with Gasteiger partial charge in [0.1, 0.15) is 0 Å². The quantitative estimate of drug-likeness (QED) is 0.334. The van der Waals surface area contributed by atoms with E-state index in [4.69, 9.17) is 9.97 Å². The first-order chi connectivity index (χ1) is 17.3. The Morgan fingerprint density at radius 1 is 0.595 bits per heavy atom. The van der Waals surface area contributed by atoms with E-state index in [0.29, 0.717) is 0 Å². The van der Waals surface area contributed by atoms with Gasteiger partial charge in [-0.25, -0.2) is 0 Å². The van der Waals surface area contributed by atoms with E-state index >= 15 is 0 Å². The summed E-state index contributed by atoms with van der Waals surface area (Å²) in [5, 5.41) is 0. The number of nitrogens with zero attached hydrogens (tertiary/aromatic N) is 2. The molecule has 2 unspecified atom stereocenters. The molecule has 0 bridgehead atoms. The van der Waals surface area contributed by atoms with E-state index in [2.05, 4.69) is 86.7 Å². The zero-order valence-electron chi connectivity index (χ0n) is 21.0. The summed E-state index contributed by atoms with van der Waals surface area (Å²) < 4.78 is 3.20. The summed E-state index contributed by atoms with van der Waals surface area (Å²) in [5.41, 5.74) is 10.9. The summed E-state index contributed by atoms with van der Waals surface area (Å²) in [6.45, 7) is 4.52. The molecule has 2 heterocycles. The first-order valence-corrected chi connectivity index (χ1v) is 15.0. The molecule has 2 aliphatic rings. The van der Waals surface area contributed by atoms with Gasteiger partial charge in [0.05, 0.1) is 0 Å². The number of fused-ring (bicyclic) bond motifs is 2. The Morgan fingerprint density at radius 3 is 1.43 bits per heavy atom. The Kier molecular flexibility index (Phi) is 9.01. The minimum atomic E-state index is -1.12. The number of aryl methyl sites for hydroxylation is 2. The molecule has 0 amide bonds. The van der Waals surface area contributed by atoms with Crippen LogP contribution in [0.25, 0.3) is 12.2 Å². The summed E-state index contributed by atoms with van der Waals surface area (Å²) in [4.78, 5) is 9.68. The summed E-state index contributed by atoms with van der Waals surface area (Å²) >= 11 is -1.12. The van der Waals surface area contributed by atoms with E-state index in [1.54, 1.807) is 6.56 Å². The number of hydrogen-bond acceptors (Lipinski definition) is 2. The molecule has 37 heavy (non-hydrogen) atoms. The largest absolute Gasteiger partial charge is 1.00 e. The molecule has 0 aliphatic heterocycles. The van der Waals surface area contributed by atoms with Crippen molar-refractivity contribution in [3.05, 3.63) is 137 Å². The average Bonchev–Trinajstić information content (AvgIpc) is 3.47. The molecular weight excluding hydrogens is 574 g/mol. The summed E-state index contributed by atoms with van der Waals surface area (Å²) in [6, 6.07) is 26.4. The van der Waals surface area contributed by atoms with Crippen LogP contribution in [-0.4, -0.2) is 9.97 Å². The topological polar surface area (TPSA) is 25.8 Å². The predicted octanol–water partition coefficient (Wildman–Crippen LogP) is 1.36. The molecule has 5 heteroatoms. The van der Waals surface area contributed by atoms with Crippen LogP contribution < -0.4 is 24.8 Å². The molecule has 2 aromatic carbocycles. The maximum Gasteiger partial charge on any atom is -1.00 e. The van der Waals surface area contributed by atoms with Crippen molar-refractivity contribution in [3.8, 4) is 0 Å². The Hall–Kier alpha value is -2.32. The van der Waals surface area contributed by atoms with Gasteiger partial charge in [0.15, 0.2) is 0 Å². The second kappa shape index (κ2) is 12.0. The van der Waals surface area contributed by atoms with Crippen molar-refractivity contribution in [1.82, 2.24) is 9.97 Å². The maximum absolute atomic E-state index is 4.84. The summed E-state index contributed by atoms with van der Waals surface area (Å²) in [5.74, 6) is 0.535. The number of benzene rings is 2. The van der Waals surface area contributed by atoms with Crippen LogP contribution in [0, 0.1) is 0 Å². The van der Waals surface area contributed by atoms with Crippen molar-refractivity contribution in [2.75, 3.05) is 0 Å². The summed E-state index contributed by atoms with van der Waals surface area (Å²) in [7, 11) is 0. The van der Waals surface area contributed by atoms with Gasteiger partial charge in [0.2, 0.25) is 0 Å². The van der Waals surface area contributed by atoms with Crippen LogP contribution in [0.3, 0.4) is 0 Å². The molecular formula is C32H28Cl2N2Zr. The fourth-order valence-electron chi connectivity index (χ4n) is 5.66. The molecule has 0 fully saturated rings. The average molecular weight is 603 g/mol. The van der Waals surface area contributed by atoms with Crippen LogP contribution in [0.5, 0.6) is 0 Å². The van der Waals surface area contributed by atoms with Gasteiger partial charge in [-0.15, -0.1) is 0 Å². The number of halogens is 2. The van der Waals surface area contributed by atoms with Crippen molar-refractivity contribution in [2.24, 2.45) is 0 Å².